The number of carbonyl (C=O) groups excluding carboxylic acids is 5. The average Bonchev–Trinajstić information content (AvgIpc) is 3.33. The number of hydrogen-bond donors (Lipinski definition) is 1. The predicted octanol–water partition coefficient (Wildman–Crippen LogP) is 8.33. The van der Waals surface area contributed by atoms with Gasteiger partial charge in [0.25, 0.3) is 0 Å². The molecule has 3 fully saturated rings. The third kappa shape index (κ3) is 20.4. The van der Waals surface area contributed by atoms with Gasteiger partial charge in [-0.15, -0.1) is 0 Å². The molecule has 3 aromatic heterocycles. The molecule has 0 aromatic carbocycles. The van der Waals surface area contributed by atoms with Crippen LogP contribution in [0.3, 0.4) is 0 Å². The number of Topliss-reactive ketones (excluding diaryl/α,β-unsaturated/α-hetero) is 2. The molecule has 0 unspecified atom stereocenters. The monoisotopic (exact) mass is 1020 g/mol. The number of aromatic nitrogens is 3. The first-order chi connectivity index (χ1) is 31.7. The quantitative estimate of drug-likeness (QED) is 0.158. The molecule has 68 heavy (non-hydrogen) atoms. The summed E-state index contributed by atoms with van der Waals surface area (Å²) in [5.74, 6) is 1.90. The number of nitrogens with one attached hydrogen (secondary N) is 1. The smallest absolute Gasteiger partial charge is 0.410 e. The molecule has 19 heteroatoms. The third-order valence-electron chi connectivity index (χ3n) is 10.7. The highest BCUT2D eigenvalue weighted by Crippen LogP contribution is 2.25. The second-order valence-corrected chi connectivity index (χ2v) is 18.9. The molecule has 3 aliphatic heterocycles. The first-order valence-corrected chi connectivity index (χ1v) is 23.2. The van der Waals surface area contributed by atoms with E-state index >= 15 is 0 Å². The van der Waals surface area contributed by atoms with Gasteiger partial charge in [0.2, 0.25) is 23.5 Å². The fourth-order valence-corrected chi connectivity index (χ4v) is 7.20. The van der Waals surface area contributed by atoms with Gasteiger partial charge in [0.15, 0.2) is 11.6 Å². The van der Waals surface area contributed by atoms with Gasteiger partial charge in [-0.25, -0.2) is 29.6 Å². The summed E-state index contributed by atoms with van der Waals surface area (Å²) < 4.78 is 26.4. The van der Waals surface area contributed by atoms with Gasteiger partial charge in [-0.05, 0) is 127 Å². The minimum absolute atomic E-state index is 0. The molecule has 0 bridgehead atoms. The zero-order chi connectivity index (χ0) is 49.7. The van der Waals surface area contributed by atoms with E-state index in [9.17, 15) is 24.0 Å². The van der Waals surface area contributed by atoms with Crippen LogP contribution in [0.15, 0.2) is 59.5 Å². The maximum atomic E-state index is 12.5. The number of carbonyl (C=O) groups is 5. The zero-order valence-corrected chi connectivity index (χ0v) is 42.6. The number of hydroxylamine groups is 2. The number of amides is 3. The van der Waals surface area contributed by atoms with E-state index in [1.165, 1.54) is 19.3 Å². The van der Waals surface area contributed by atoms with Crippen LogP contribution in [0.1, 0.15) is 108 Å². The summed E-state index contributed by atoms with van der Waals surface area (Å²) in [5, 5.41) is 4.50. The van der Waals surface area contributed by atoms with Crippen molar-refractivity contribution < 1.29 is 52.5 Å². The molecule has 3 amide bonds. The number of methoxy groups -OCH3 is 3. The molecule has 378 valence electrons. The molecular weight excluding hydrogens is 942 g/mol. The Kier molecular flexibility index (Phi) is 24.9. The second-order valence-electron chi connectivity index (χ2n) is 18.0. The van der Waals surface area contributed by atoms with Crippen LogP contribution in [0.5, 0.6) is 17.6 Å². The summed E-state index contributed by atoms with van der Waals surface area (Å²) in [4.78, 5) is 80.6. The lowest BCUT2D eigenvalue weighted by Gasteiger charge is -2.33. The summed E-state index contributed by atoms with van der Waals surface area (Å²) in [6.07, 6.45) is 8.64. The summed E-state index contributed by atoms with van der Waals surface area (Å²) in [7, 11) is 7.76. The van der Waals surface area contributed by atoms with Crippen molar-refractivity contribution in [3.05, 3.63) is 70.6 Å². The Labute approximate surface area is 411 Å². The van der Waals surface area contributed by atoms with Crippen molar-refractivity contribution in [2.24, 2.45) is 17.8 Å². The van der Waals surface area contributed by atoms with E-state index in [0.29, 0.717) is 80.6 Å². The number of ketones is 2. The molecule has 3 saturated heterocycles. The number of piperidine rings is 3. The van der Waals surface area contributed by atoms with Crippen LogP contribution in [-0.2, 0) is 19.1 Å². The predicted molar refractivity (Wildman–Crippen MR) is 262 cm³/mol. The number of hydrogen-bond acceptors (Lipinski definition) is 15. The van der Waals surface area contributed by atoms with Crippen LogP contribution < -0.4 is 19.5 Å². The second kappa shape index (κ2) is 28.8. The van der Waals surface area contributed by atoms with E-state index in [0.717, 1.165) is 30.4 Å². The van der Waals surface area contributed by atoms with Gasteiger partial charge in [0.05, 0.1) is 28.4 Å². The minimum atomic E-state index is -0.501. The highest BCUT2D eigenvalue weighted by Gasteiger charge is 2.32. The molecule has 6 heterocycles. The number of pyridine rings is 3. The maximum Gasteiger partial charge on any atom is 0.410 e. The minimum Gasteiger partial charge on any atom is -0.481 e. The number of halogens is 1. The lowest BCUT2D eigenvalue weighted by atomic mass is 9.89. The standard InChI is InChI=1S/C17H24N2O4.C13H24N2O4.C12H16N2O2.C6H6BrNO.CH4/c1-17(2,3)23-16(21)19-9-7-12(8-10-19)15(20)13-5-6-14(22-4)18-11-13;1-13(2,3)19-12(17)15-8-6-10(7-9-15)11(16)14(4)18-5;1-16-11-3-2-10(8-14-11)12(15)9-4-6-13-7-5-9;1-9-6-3-2-5(7)4-8-6;/h5-6,11-12H,7-10H2,1-4H3;10H,6-9H2,1-5H3;2-3,8-9,13H,4-7H2,1H3;2-4H,1H3;1H4. The molecule has 18 nitrogen and oxygen atoms in total. The SMILES string of the molecule is C.CON(C)C(=O)C1CCN(C(=O)OC(C)(C)C)CC1.COc1ccc(Br)cn1.COc1ccc(C(=O)C2CCN(C(=O)OC(C)(C)C)CC2)cn1.COc1ccc(C(=O)C2CCNCC2)cn1. The van der Waals surface area contributed by atoms with Crippen LogP contribution in [-0.4, -0.2) is 145 Å². The number of rotatable bonds is 9. The molecule has 0 atom stereocenters. The molecular formula is C49H74BrN7O11. The topological polar surface area (TPSA) is 201 Å². The largest absolute Gasteiger partial charge is 0.481 e. The van der Waals surface area contributed by atoms with E-state index in [2.05, 4.69) is 36.2 Å². The lowest BCUT2D eigenvalue weighted by Crippen LogP contribution is -2.45. The van der Waals surface area contributed by atoms with Crippen molar-refractivity contribution in [1.29, 1.82) is 0 Å². The van der Waals surface area contributed by atoms with Crippen molar-refractivity contribution in [2.75, 3.05) is 74.8 Å². The van der Waals surface area contributed by atoms with Crippen LogP contribution in [0.4, 0.5) is 9.59 Å². The zero-order valence-electron chi connectivity index (χ0n) is 41.0. The summed E-state index contributed by atoms with van der Waals surface area (Å²) in [5.41, 5.74) is 0.285. The Hall–Kier alpha value is -5.40. The van der Waals surface area contributed by atoms with Crippen molar-refractivity contribution in [3.63, 3.8) is 0 Å². The number of ether oxygens (including phenoxy) is 5. The van der Waals surface area contributed by atoms with Gasteiger partial charge in [0.1, 0.15) is 11.2 Å². The third-order valence-corrected chi connectivity index (χ3v) is 11.1. The van der Waals surface area contributed by atoms with Gasteiger partial charge >= 0.3 is 12.2 Å². The van der Waals surface area contributed by atoms with Crippen molar-refractivity contribution in [3.8, 4) is 17.6 Å². The Balaban J connectivity index is 0.000000322. The van der Waals surface area contributed by atoms with E-state index in [-0.39, 0.29) is 54.8 Å². The highest BCUT2D eigenvalue weighted by molar-refractivity contribution is 9.10. The maximum absolute atomic E-state index is 12.5. The lowest BCUT2D eigenvalue weighted by molar-refractivity contribution is -0.174. The van der Waals surface area contributed by atoms with Gasteiger partial charge in [0, 0.05) is 103 Å². The van der Waals surface area contributed by atoms with Gasteiger partial charge in [-0.1, -0.05) is 7.43 Å². The van der Waals surface area contributed by atoms with Crippen molar-refractivity contribution in [1.82, 2.24) is 35.1 Å². The molecule has 0 radical (unpaired) electrons. The van der Waals surface area contributed by atoms with Crippen LogP contribution in [0.25, 0.3) is 0 Å². The van der Waals surface area contributed by atoms with Gasteiger partial charge < -0.3 is 38.8 Å². The summed E-state index contributed by atoms with van der Waals surface area (Å²) >= 11 is 3.26. The average molecular weight is 1020 g/mol. The molecule has 1 N–H and O–H groups in total. The molecule has 0 saturated carbocycles. The number of likely N-dealkylation sites (tertiary alicyclic amines) is 2. The molecule has 0 spiro atoms. The Bertz CT molecular complexity index is 1990. The van der Waals surface area contributed by atoms with Gasteiger partial charge in [-0.3, -0.25) is 19.2 Å². The molecule has 3 aliphatic rings. The van der Waals surface area contributed by atoms with E-state index < -0.39 is 11.2 Å². The van der Waals surface area contributed by atoms with Crippen molar-refractivity contribution >= 4 is 45.6 Å². The Morgan fingerprint density at radius 3 is 1.28 bits per heavy atom. The van der Waals surface area contributed by atoms with Crippen molar-refractivity contribution in [2.45, 2.75) is 98.7 Å². The first-order valence-electron chi connectivity index (χ1n) is 22.4. The fourth-order valence-electron chi connectivity index (χ4n) is 6.97. The van der Waals surface area contributed by atoms with Gasteiger partial charge in [-0.2, -0.15) is 0 Å². The van der Waals surface area contributed by atoms with Crippen LogP contribution in [0.2, 0.25) is 0 Å². The van der Waals surface area contributed by atoms with E-state index in [4.69, 9.17) is 28.5 Å². The molecule has 3 aromatic rings. The Morgan fingerprint density at radius 2 is 0.956 bits per heavy atom. The number of nitrogens with zero attached hydrogens (tertiary/aromatic N) is 6. The van der Waals surface area contributed by atoms with Crippen LogP contribution in [0, 0.1) is 17.8 Å². The fraction of sp³-hybridized carbons (Fsp3) is 0.592. The Morgan fingerprint density at radius 1 is 0.588 bits per heavy atom. The summed E-state index contributed by atoms with van der Waals surface area (Å²) in [6.45, 7) is 15.1. The molecule has 0 aliphatic carbocycles. The van der Waals surface area contributed by atoms with E-state index in [1.54, 1.807) is 80.0 Å². The van der Waals surface area contributed by atoms with E-state index in [1.807, 2.05) is 47.6 Å². The normalized spacial score (nSPS) is 15.5. The highest BCUT2D eigenvalue weighted by atomic mass is 79.9. The first kappa shape index (κ1) is 58.7. The summed E-state index contributed by atoms with van der Waals surface area (Å²) in [6, 6.07) is 10.6. The van der Waals surface area contributed by atoms with Crippen LogP contribution >= 0.6 is 15.9 Å². The molecule has 6 rings (SSSR count).